The molecule has 1 fully saturated rings. The van der Waals surface area contributed by atoms with Gasteiger partial charge in [0.1, 0.15) is 11.8 Å². The smallest absolute Gasteiger partial charge is 0.243 e. The maximum atomic E-state index is 12.3. The Kier molecular flexibility index (Phi) is 7.39. The number of rotatable bonds is 8. The maximum Gasteiger partial charge on any atom is 0.243 e. The summed E-state index contributed by atoms with van der Waals surface area (Å²) in [5.41, 5.74) is 0. The summed E-state index contributed by atoms with van der Waals surface area (Å²) in [5.74, 6) is 0.847. The molecule has 2 atom stereocenters. The molecular formula is C17H24N2O4S. The van der Waals surface area contributed by atoms with Crippen LogP contribution in [-0.2, 0) is 14.3 Å². The van der Waals surface area contributed by atoms with Gasteiger partial charge in [-0.2, -0.15) is 0 Å². The predicted octanol–water partition coefficient (Wildman–Crippen LogP) is 1.59. The van der Waals surface area contributed by atoms with Crippen molar-refractivity contribution in [3.63, 3.8) is 0 Å². The Morgan fingerprint density at radius 2 is 2.12 bits per heavy atom. The second-order valence-electron chi connectivity index (χ2n) is 5.62. The molecule has 0 aliphatic carbocycles. The second-order valence-corrected chi connectivity index (χ2v) is 6.71. The van der Waals surface area contributed by atoms with Crippen molar-refractivity contribution in [1.29, 1.82) is 0 Å². The molecule has 7 heteroatoms. The Bertz CT molecular complexity index is 544. The van der Waals surface area contributed by atoms with E-state index < -0.39 is 6.04 Å². The van der Waals surface area contributed by atoms with Gasteiger partial charge in [-0.3, -0.25) is 9.59 Å². The van der Waals surface area contributed by atoms with Crippen molar-refractivity contribution in [3.05, 3.63) is 24.3 Å². The van der Waals surface area contributed by atoms with Crippen molar-refractivity contribution in [2.45, 2.75) is 36.8 Å². The zero-order chi connectivity index (χ0) is 17.4. The average Bonchev–Trinajstić information content (AvgIpc) is 3.10. The first-order valence-corrected chi connectivity index (χ1v) is 9.00. The van der Waals surface area contributed by atoms with Crippen LogP contribution in [0.4, 0.5) is 0 Å². The first kappa shape index (κ1) is 18.6. The number of carbonyl (C=O) groups is 2. The topological polar surface area (TPSA) is 76.7 Å². The van der Waals surface area contributed by atoms with Gasteiger partial charge in [0.05, 0.1) is 13.2 Å². The highest BCUT2D eigenvalue weighted by atomic mass is 32.2. The third-order valence-corrected chi connectivity index (χ3v) is 4.80. The summed E-state index contributed by atoms with van der Waals surface area (Å²) >= 11 is 1.51. The quantitative estimate of drug-likeness (QED) is 0.695. The number of hydrogen-bond acceptors (Lipinski definition) is 5. The number of methoxy groups -OCH3 is 1. The predicted molar refractivity (Wildman–Crippen MR) is 93.3 cm³/mol. The molecule has 1 saturated heterocycles. The first-order valence-electron chi connectivity index (χ1n) is 8.01. The third-order valence-electron chi connectivity index (χ3n) is 3.70. The molecule has 0 bridgehead atoms. The van der Waals surface area contributed by atoms with Crippen LogP contribution in [0.25, 0.3) is 0 Å². The summed E-state index contributed by atoms with van der Waals surface area (Å²) in [5, 5.41) is 5.58. The second kappa shape index (κ2) is 9.54. The highest BCUT2D eigenvalue weighted by Crippen LogP contribution is 2.22. The lowest BCUT2D eigenvalue weighted by Crippen LogP contribution is -2.49. The molecule has 24 heavy (non-hydrogen) atoms. The Labute approximate surface area is 146 Å². The van der Waals surface area contributed by atoms with Crippen LogP contribution in [-0.4, -0.2) is 50.0 Å². The molecule has 0 saturated carbocycles. The number of nitrogens with one attached hydrogen (secondary N) is 2. The first-order chi connectivity index (χ1) is 11.6. The van der Waals surface area contributed by atoms with E-state index in [-0.39, 0.29) is 17.9 Å². The van der Waals surface area contributed by atoms with Crippen LogP contribution in [0.2, 0.25) is 0 Å². The summed E-state index contributed by atoms with van der Waals surface area (Å²) in [7, 11) is 1.62. The molecule has 0 aromatic heterocycles. The average molecular weight is 352 g/mol. The minimum Gasteiger partial charge on any atom is -0.497 e. The zero-order valence-electron chi connectivity index (χ0n) is 14.0. The van der Waals surface area contributed by atoms with Gasteiger partial charge in [-0.15, -0.1) is 11.8 Å². The molecule has 2 unspecified atom stereocenters. The Morgan fingerprint density at radius 3 is 2.71 bits per heavy atom. The number of amides is 2. The lowest BCUT2D eigenvalue weighted by molar-refractivity contribution is -0.127. The van der Waals surface area contributed by atoms with Crippen LogP contribution >= 0.6 is 11.8 Å². The summed E-state index contributed by atoms with van der Waals surface area (Å²) in [4.78, 5) is 24.7. The fourth-order valence-electron chi connectivity index (χ4n) is 2.42. The number of ether oxygens (including phenoxy) is 2. The maximum absolute atomic E-state index is 12.3. The van der Waals surface area contributed by atoms with E-state index >= 15 is 0 Å². The molecule has 1 aromatic carbocycles. The molecule has 1 aliphatic heterocycles. The SMILES string of the molecule is COc1ccc(SCC(NC(C)=O)C(=O)NCC2CCCO2)cc1. The Morgan fingerprint density at radius 1 is 1.38 bits per heavy atom. The van der Waals surface area contributed by atoms with Gasteiger partial charge in [0.2, 0.25) is 11.8 Å². The van der Waals surface area contributed by atoms with Crippen LogP contribution in [0.1, 0.15) is 19.8 Å². The van der Waals surface area contributed by atoms with Crippen LogP contribution in [0.5, 0.6) is 5.75 Å². The number of carbonyl (C=O) groups excluding carboxylic acids is 2. The van der Waals surface area contributed by atoms with Crippen molar-refractivity contribution < 1.29 is 19.1 Å². The van der Waals surface area contributed by atoms with Crippen molar-refractivity contribution in [3.8, 4) is 5.75 Å². The summed E-state index contributed by atoms with van der Waals surface area (Å²) in [6, 6.07) is 7.02. The minimum absolute atomic E-state index is 0.0844. The van der Waals surface area contributed by atoms with Gasteiger partial charge in [0, 0.05) is 30.7 Å². The van der Waals surface area contributed by atoms with E-state index in [0.717, 1.165) is 30.1 Å². The van der Waals surface area contributed by atoms with Crippen molar-refractivity contribution in [2.24, 2.45) is 0 Å². The monoisotopic (exact) mass is 352 g/mol. The molecule has 6 nitrogen and oxygen atoms in total. The van der Waals surface area contributed by atoms with Gasteiger partial charge in [-0.05, 0) is 37.1 Å². The van der Waals surface area contributed by atoms with E-state index in [0.29, 0.717) is 12.3 Å². The van der Waals surface area contributed by atoms with E-state index in [9.17, 15) is 9.59 Å². The van der Waals surface area contributed by atoms with Gasteiger partial charge in [-0.25, -0.2) is 0 Å². The van der Waals surface area contributed by atoms with Crippen molar-refractivity contribution >= 4 is 23.6 Å². The highest BCUT2D eigenvalue weighted by Gasteiger charge is 2.22. The van der Waals surface area contributed by atoms with Crippen LogP contribution in [0, 0.1) is 0 Å². The number of hydrogen-bond donors (Lipinski definition) is 2. The molecule has 132 valence electrons. The normalized spacial score (nSPS) is 18.0. The van der Waals surface area contributed by atoms with E-state index in [2.05, 4.69) is 10.6 Å². The molecule has 1 aromatic rings. The fourth-order valence-corrected chi connectivity index (χ4v) is 3.35. The van der Waals surface area contributed by atoms with E-state index in [1.165, 1.54) is 18.7 Å². The Balaban J connectivity index is 1.85. The fraction of sp³-hybridized carbons (Fsp3) is 0.529. The van der Waals surface area contributed by atoms with E-state index in [1.54, 1.807) is 7.11 Å². The van der Waals surface area contributed by atoms with Crippen molar-refractivity contribution in [2.75, 3.05) is 26.0 Å². The van der Waals surface area contributed by atoms with E-state index in [4.69, 9.17) is 9.47 Å². The van der Waals surface area contributed by atoms with Crippen LogP contribution in [0.3, 0.4) is 0 Å². The molecule has 0 radical (unpaired) electrons. The molecule has 2 amide bonds. The summed E-state index contributed by atoms with van der Waals surface area (Å²) in [6.07, 6.45) is 2.08. The largest absolute Gasteiger partial charge is 0.497 e. The summed E-state index contributed by atoms with van der Waals surface area (Å²) in [6.45, 7) is 2.66. The molecule has 1 heterocycles. The van der Waals surface area contributed by atoms with Gasteiger partial charge >= 0.3 is 0 Å². The third kappa shape index (κ3) is 6.05. The molecular weight excluding hydrogens is 328 g/mol. The lowest BCUT2D eigenvalue weighted by Gasteiger charge is -2.19. The number of benzene rings is 1. The lowest BCUT2D eigenvalue weighted by atomic mass is 10.2. The molecule has 1 aliphatic rings. The van der Waals surface area contributed by atoms with E-state index in [1.807, 2.05) is 24.3 Å². The van der Waals surface area contributed by atoms with Gasteiger partial charge < -0.3 is 20.1 Å². The summed E-state index contributed by atoms with van der Waals surface area (Å²) < 4.78 is 10.6. The van der Waals surface area contributed by atoms with Crippen molar-refractivity contribution in [1.82, 2.24) is 10.6 Å². The standard InChI is InChI=1S/C17H24N2O4S/c1-12(20)19-16(17(21)18-10-14-4-3-9-23-14)11-24-15-7-5-13(22-2)6-8-15/h5-8,14,16H,3-4,9-11H2,1-2H3,(H,18,21)(H,19,20). The molecule has 0 spiro atoms. The molecule has 2 rings (SSSR count). The van der Waals surface area contributed by atoms with Gasteiger partial charge in [0.15, 0.2) is 0 Å². The molecule has 2 N–H and O–H groups in total. The van der Waals surface area contributed by atoms with Gasteiger partial charge in [0.25, 0.3) is 0 Å². The number of thioether (sulfide) groups is 1. The van der Waals surface area contributed by atoms with Crippen LogP contribution < -0.4 is 15.4 Å². The minimum atomic E-state index is -0.573. The van der Waals surface area contributed by atoms with Crippen LogP contribution in [0.15, 0.2) is 29.2 Å². The zero-order valence-corrected chi connectivity index (χ0v) is 14.9. The highest BCUT2D eigenvalue weighted by molar-refractivity contribution is 7.99. The Hall–Kier alpha value is -1.73. The van der Waals surface area contributed by atoms with Gasteiger partial charge in [-0.1, -0.05) is 0 Å².